The van der Waals surface area contributed by atoms with Crippen molar-refractivity contribution in [2.75, 3.05) is 5.32 Å². The van der Waals surface area contributed by atoms with Gasteiger partial charge in [0, 0.05) is 17.5 Å². The van der Waals surface area contributed by atoms with E-state index in [9.17, 15) is 15.2 Å². The molecule has 2 N–H and O–H groups in total. The van der Waals surface area contributed by atoms with E-state index in [2.05, 4.69) is 15.3 Å². The van der Waals surface area contributed by atoms with Crippen molar-refractivity contribution in [3.05, 3.63) is 58.4 Å². The van der Waals surface area contributed by atoms with Crippen LogP contribution in [-0.4, -0.2) is 20.0 Å². The highest BCUT2D eigenvalue weighted by atomic mass is 35.5. The Balaban J connectivity index is 0.00000192. The van der Waals surface area contributed by atoms with Gasteiger partial charge in [0.2, 0.25) is 0 Å². The van der Waals surface area contributed by atoms with Crippen LogP contribution in [0.25, 0.3) is 10.9 Å². The smallest absolute Gasteiger partial charge is 0.270 e. The van der Waals surface area contributed by atoms with Crippen LogP contribution in [0.3, 0.4) is 0 Å². The van der Waals surface area contributed by atoms with Gasteiger partial charge in [0.15, 0.2) is 0 Å². The van der Waals surface area contributed by atoms with Crippen LogP contribution in [0, 0.1) is 17.0 Å². The summed E-state index contributed by atoms with van der Waals surface area (Å²) in [5.41, 5.74) is 1.98. The number of hydrogen-bond acceptors (Lipinski definition) is 6. The van der Waals surface area contributed by atoms with Gasteiger partial charge < -0.3 is 10.4 Å². The largest absolute Gasteiger partial charge is 0.506 e. The van der Waals surface area contributed by atoms with E-state index in [1.54, 1.807) is 24.3 Å². The van der Waals surface area contributed by atoms with Crippen molar-refractivity contribution in [2.24, 2.45) is 0 Å². The summed E-state index contributed by atoms with van der Waals surface area (Å²) in [6.07, 6.45) is 1.36. The Morgan fingerprint density at radius 1 is 1.17 bits per heavy atom. The Morgan fingerprint density at radius 3 is 2.70 bits per heavy atom. The second-order valence-electron chi connectivity index (χ2n) is 4.83. The molecule has 0 aliphatic carbocycles. The molecule has 0 saturated carbocycles. The van der Waals surface area contributed by atoms with Crippen LogP contribution in [0.2, 0.25) is 0 Å². The highest BCUT2D eigenvalue weighted by Gasteiger charge is 2.12. The number of rotatable bonds is 3. The number of benzene rings is 2. The number of non-ortho nitro benzene ring substituents is 1. The average molecular weight is 333 g/mol. The molecule has 0 aliphatic rings. The lowest BCUT2D eigenvalue weighted by atomic mass is 10.2. The molecular weight excluding hydrogens is 320 g/mol. The molecular formula is C15H13ClN4O3. The fourth-order valence-electron chi connectivity index (χ4n) is 2.14. The lowest BCUT2D eigenvalue weighted by Gasteiger charge is -2.10. The lowest BCUT2D eigenvalue weighted by Crippen LogP contribution is -1.97. The van der Waals surface area contributed by atoms with E-state index in [4.69, 9.17) is 0 Å². The van der Waals surface area contributed by atoms with E-state index >= 15 is 0 Å². The highest BCUT2D eigenvalue weighted by Crippen LogP contribution is 2.30. The number of phenols is 1. The van der Waals surface area contributed by atoms with Gasteiger partial charge in [0.05, 0.1) is 16.1 Å². The quantitative estimate of drug-likeness (QED) is 0.430. The third-order valence-electron chi connectivity index (χ3n) is 3.23. The predicted octanol–water partition coefficient (Wildman–Crippen LogP) is 3.72. The van der Waals surface area contributed by atoms with Crippen molar-refractivity contribution < 1.29 is 10.0 Å². The van der Waals surface area contributed by atoms with Crippen molar-refractivity contribution >= 4 is 40.5 Å². The number of fused-ring (bicyclic) bond motifs is 1. The zero-order valence-electron chi connectivity index (χ0n) is 12.1. The fourth-order valence-corrected chi connectivity index (χ4v) is 2.14. The summed E-state index contributed by atoms with van der Waals surface area (Å²) in [7, 11) is 0. The first-order chi connectivity index (χ1) is 10.5. The van der Waals surface area contributed by atoms with E-state index in [0.29, 0.717) is 22.4 Å². The number of aryl methyl sites for hydroxylation is 1. The van der Waals surface area contributed by atoms with Crippen molar-refractivity contribution in [1.82, 2.24) is 9.97 Å². The SMILES string of the molecule is Cc1ccc(O)c(Nc2ncnc3ccc([N+](=O)[O-])cc23)c1.Cl. The Kier molecular flexibility index (Phi) is 4.61. The lowest BCUT2D eigenvalue weighted by molar-refractivity contribution is -0.384. The van der Waals surface area contributed by atoms with Crippen LogP contribution < -0.4 is 5.32 Å². The number of nitrogens with zero attached hydrogens (tertiary/aromatic N) is 3. The first-order valence-electron chi connectivity index (χ1n) is 6.50. The Labute approximate surface area is 137 Å². The molecule has 0 amide bonds. The molecule has 0 atom stereocenters. The van der Waals surface area contributed by atoms with E-state index in [1.807, 2.05) is 6.92 Å². The second-order valence-corrected chi connectivity index (χ2v) is 4.83. The maximum absolute atomic E-state index is 10.9. The summed E-state index contributed by atoms with van der Waals surface area (Å²) >= 11 is 0. The summed E-state index contributed by atoms with van der Waals surface area (Å²) in [5.74, 6) is 0.470. The molecule has 7 nitrogen and oxygen atoms in total. The molecule has 1 heterocycles. The fraction of sp³-hybridized carbons (Fsp3) is 0.0667. The predicted molar refractivity (Wildman–Crippen MR) is 89.6 cm³/mol. The summed E-state index contributed by atoms with van der Waals surface area (Å²) in [6, 6.07) is 9.48. The van der Waals surface area contributed by atoms with E-state index in [1.165, 1.54) is 18.5 Å². The molecule has 1 aromatic heterocycles. The summed E-state index contributed by atoms with van der Waals surface area (Å²) in [5, 5.41) is 24.3. The molecule has 0 radical (unpaired) electrons. The topological polar surface area (TPSA) is 101 Å². The summed E-state index contributed by atoms with van der Waals surface area (Å²) < 4.78 is 0. The maximum Gasteiger partial charge on any atom is 0.270 e. The van der Waals surface area contributed by atoms with Crippen molar-refractivity contribution in [2.45, 2.75) is 6.92 Å². The molecule has 3 rings (SSSR count). The number of nitrogens with one attached hydrogen (secondary N) is 1. The number of aromatic nitrogens is 2. The van der Waals surface area contributed by atoms with Crippen molar-refractivity contribution in [3.8, 4) is 5.75 Å². The first-order valence-corrected chi connectivity index (χ1v) is 6.50. The van der Waals surface area contributed by atoms with Crippen LogP contribution in [-0.2, 0) is 0 Å². The van der Waals surface area contributed by atoms with Gasteiger partial charge in [-0.05, 0) is 30.7 Å². The molecule has 2 aromatic carbocycles. The van der Waals surface area contributed by atoms with Crippen LogP contribution >= 0.6 is 12.4 Å². The summed E-state index contributed by atoms with van der Waals surface area (Å²) in [6.45, 7) is 1.90. The second kappa shape index (κ2) is 6.45. The third-order valence-corrected chi connectivity index (χ3v) is 3.23. The number of aromatic hydroxyl groups is 1. The molecule has 118 valence electrons. The minimum Gasteiger partial charge on any atom is -0.506 e. The van der Waals surface area contributed by atoms with Crippen molar-refractivity contribution in [1.29, 1.82) is 0 Å². The zero-order chi connectivity index (χ0) is 15.7. The number of phenolic OH excluding ortho intramolecular Hbond substituents is 1. The van der Waals surface area contributed by atoms with Gasteiger partial charge in [-0.1, -0.05) is 6.07 Å². The van der Waals surface area contributed by atoms with Crippen LogP contribution in [0.4, 0.5) is 17.2 Å². The third kappa shape index (κ3) is 3.29. The minimum atomic E-state index is -0.472. The monoisotopic (exact) mass is 332 g/mol. The van der Waals surface area contributed by atoms with Crippen LogP contribution in [0.15, 0.2) is 42.7 Å². The van der Waals surface area contributed by atoms with E-state index in [0.717, 1.165) is 5.56 Å². The Bertz CT molecular complexity index is 886. The number of hydrogen-bond donors (Lipinski definition) is 2. The molecule has 0 saturated heterocycles. The zero-order valence-corrected chi connectivity index (χ0v) is 12.9. The van der Waals surface area contributed by atoms with E-state index in [-0.39, 0.29) is 23.8 Å². The standard InChI is InChI=1S/C15H12N4O3.ClH/c1-9-2-5-14(20)13(6-9)18-15-11-7-10(19(21)22)3-4-12(11)16-8-17-15;/h2-8,20H,1H3,(H,16,17,18);1H. The molecule has 23 heavy (non-hydrogen) atoms. The molecule has 0 fully saturated rings. The molecule has 0 bridgehead atoms. The van der Waals surface area contributed by atoms with Gasteiger partial charge >= 0.3 is 0 Å². The van der Waals surface area contributed by atoms with Gasteiger partial charge in [-0.15, -0.1) is 12.4 Å². The number of halogens is 1. The maximum atomic E-state index is 10.9. The molecule has 3 aromatic rings. The van der Waals surface area contributed by atoms with E-state index < -0.39 is 4.92 Å². The Morgan fingerprint density at radius 2 is 1.96 bits per heavy atom. The first kappa shape index (κ1) is 16.4. The minimum absolute atomic E-state index is 0. The van der Waals surface area contributed by atoms with Gasteiger partial charge in [0.25, 0.3) is 5.69 Å². The number of nitro groups is 1. The van der Waals surface area contributed by atoms with Crippen LogP contribution in [0.1, 0.15) is 5.56 Å². The normalized spacial score (nSPS) is 10.1. The van der Waals surface area contributed by atoms with Crippen molar-refractivity contribution in [3.63, 3.8) is 0 Å². The average Bonchev–Trinajstić information content (AvgIpc) is 2.50. The number of anilines is 2. The van der Waals surface area contributed by atoms with Gasteiger partial charge in [-0.3, -0.25) is 10.1 Å². The molecule has 0 spiro atoms. The Hall–Kier alpha value is -2.93. The molecule has 8 heteroatoms. The number of nitro benzene ring substituents is 1. The molecule has 0 aliphatic heterocycles. The van der Waals surface area contributed by atoms with Crippen LogP contribution in [0.5, 0.6) is 5.75 Å². The van der Waals surface area contributed by atoms with Gasteiger partial charge in [0.1, 0.15) is 17.9 Å². The highest BCUT2D eigenvalue weighted by molar-refractivity contribution is 5.92. The summed E-state index contributed by atoms with van der Waals surface area (Å²) in [4.78, 5) is 18.7. The van der Waals surface area contributed by atoms with Gasteiger partial charge in [-0.25, -0.2) is 9.97 Å². The van der Waals surface area contributed by atoms with Gasteiger partial charge in [-0.2, -0.15) is 0 Å². The molecule has 0 unspecified atom stereocenters.